The minimum Gasteiger partial charge on any atom is -0.394 e. The van der Waals surface area contributed by atoms with Crippen LogP contribution in [0.2, 0.25) is 10.4 Å². The fourth-order valence-electron chi connectivity index (χ4n) is 2.08. The third-order valence-corrected chi connectivity index (χ3v) is 3.40. The predicted molar refractivity (Wildman–Crippen MR) is 65.6 cm³/mol. The molecule has 0 amide bonds. The van der Waals surface area contributed by atoms with Gasteiger partial charge in [0.05, 0.1) is 24.3 Å². The number of ether oxygens (including phenoxy) is 1. The molecule has 0 aromatic carbocycles. The van der Waals surface area contributed by atoms with Crippen LogP contribution in [0.5, 0.6) is 0 Å². The van der Waals surface area contributed by atoms with E-state index in [9.17, 15) is 0 Å². The Balaban J connectivity index is 2.03. The van der Waals surface area contributed by atoms with Crippen molar-refractivity contribution < 1.29 is 9.84 Å². The monoisotopic (exact) mass is 288 g/mol. The summed E-state index contributed by atoms with van der Waals surface area (Å²) in [6, 6.07) is 0. The van der Waals surface area contributed by atoms with E-state index in [4.69, 9.17) is 33.0 Å². The van der Waals surface area contributed by atoms with Crippen molar-refractivity contribution in [1.29, 1.82) is 0 Å². The number of hydrogen-bond acceptors (Lipinski definition) is 5. The summed E-state index contributed by atoms with van der Waals surface area (Å²) in [6.07, 6.45) is 2.74. The fourth-order valence-corrected chi connectivity index (χ4v) is 2.50. The van der Waals surface area contributed by atoms with Crippen LogP contribution in [0.25, 0.3) is 11.0 Å². The highest BCUT2D eigenvalue weighted by Crippen LogP contribution is 2.31. The molecule has 0 aliphatic carbocycles. The van der Waals surface area contributed by atoms with Crippen molar-refractivity contribution in [3.63, 3.8) is 0 Å². The van der Waals surface area contributed by atoms with E-state index in [1.165, 1.54) is 0 Å². The summed E-state index contributed by atoms with van der Waals surface area (Å²) >= 11 is 11.8. The van der Waals surface area contributed by atoms with Crippen LogP contribution in [-0.2, 0) is 4.74 Å². The van der Waals surface area contributed by atoms with E-state index in [0.29, 0.717) is 11.0 Å². The summed E-state index contributed by atoms with van der Waals surface area (Å²) < 4.78 is 7.28. The molecule has 0 saturated carbocycles. The van der Waals surface area contributed by atoms with Gasteiger partial charge in [0.25, 0.3) is 0 Å². The molecule has 96 valence electrons. The Bertz CT molecular complexity index is 589. The molecule has 2 aromatic heterocycles. The second-order valence-electron chi connectivity index (χ2n) is 4.08. The molecule has 1 aliphatic rings. The number of aliphatic hydroxyl groups is 1. The lowest BCUT2D eigenvalue weighted by Gasteiger charge is -2.13. The fraction of sp³-hybridized carbons (Fsp3) is 0.500. The summed E-state index contributed by atoms with van der Waals surface area (Å²) in [5.41, 5.74) is 0.545. The number of nitrogens with zero attached hydrogens (tertiary/aromatic N) is 4. The van der Waals surface area contributed by atoms with E-state index < -0.39 is 0 Å². The third-order valence-electron chi connectivity index (χ3n) is 2.94. The highest BCUT2D eigenvalue weighted by Gasteiger charge is 2.28. The molecular formula is C10H10Cl2N4O2. The van der Waals surface area contributed by atoms with E-state index in [1.807, 2.05) is 0 Å². The van der Waals surface area contributed by atoms with E-state index in [-0.39, 0.29) is 29.4 Å². The summed E-state index contributed by atoms with van der Waals surface area (Å²) in [4.78, 5) is 7.98. The van der Waals surface area contributed by atoms with Crippen molar-refractivity contribution in [2.75, 3.05) is 6.61 Å². The van der Waals surface area contributed by atoms with Crippen molar-refractivity contribution >= 4 is 34.2 Å². The Labute approximate surface area is 112 Å². The molecule has 2 unspecified atom stereocenters. The Morgan fingerprint density at radius 2 is 2.22 bits per heavy atom. The average Bonchev–Trinajstić information content (AvgIpc) is 2.93. The molecule has 18 heavy (non-hydrogen) atoms. The standard InChI is InChI=1S/C10H10Cl2N4O2/c11-8-6-3-13-16(9(6)15-10(12)14-8)7-2-1-5(4-17)18-7/h3,5,7,17H,1-2,4H2. The maximum atomic E-state index is 9.06. The first-order valence-corrected chi connectivity index (χ1v) is 6.27. The molecule has 3 heterocycles. The van der Waals surface area contributed by atoms with E-state index in [0.717, 1.165) is 12.8 Å². The van der Waals surface area contributed by atoms with Crippen LogP contribution in [0, 0.1) is 0 Å². The molecule has 1 saturated heterocycles. The largest absolute Gasteiger partial charge is 0.394 e. The second kappa shape index (κ2) is 4.62. The molecule has 1 aliphatic heterocycles. The van der Waals surface area contributed by atoms with Gasteiger partial charge in [-0.2, -0.15) is 10.1 Å². The van der Waals surface area contributed by atoms with Gasteiger partial charge >= 0.3 is 0 Å². The lowest BCUT2D eigenvalue weighted by Crippen LogP contribution is -2.15. The lowest BCUT2D eigenvalue weighted by atomic mass is 10.2. The van der Waals surface area contributed by atoms with Crippen LogP contribution in [0.3, 0.4) is 0 Å². The van der Waals surface area contributed by atoms with Crippen LogP contribution in [0.4, 0.5) is 0 Å². The van der Waals surface area contributed by atoms with Gasteiger partial charge in [0.15, 0.2) is 11.9 Å². The Morgan fingerprint density at radius 3 is 2.94 bits per heavy atom. The molecular weight excluding hydrogens is 279 g/mol. The Kier molecular flexibility index (Phi) is 3.11. The molecule has 0 radical (unpaired) electrons. The molecule has 8 heteroatoms. The zero-order valence-corrected chi connectivity index (χ0v) is 10.8. The third kappa shape index (κ3) is 1.95. The first kappa shape index (κ1) is 12.1. The van der Waals surface area contributed by atoms with Crippen molar-refractivity contribution in [3.05, 3.63) is 16.6 Å². The first-order valence-electron chi connectivity index (χ1n) is 5.51. The van der Waals surface area contributed by atoms with Gasteiger partial charge in [0, 0.05) is 0 Å². The van der Waals surface area contributed by atoms with Crippen LogP contribution >= 0.6 is 23.2 Å². The molecule has 0 bridgehead atoms. The maximum Gasteiger partial charge on any atom is 0.225 e. The number of aromatic nitrogens is 4. The van der Waals surface area contributed by atoms with Crippen molar-refractivity contribution in [2.45, 2.75) is 25.2 Å². The maximum absolute atomic E-state index is 9.06. The van der Waals surface area contributed by atoms with Crippen molar-refractivity contribution in [1.82, 2.24) is 19.7 Å². The number of hydrogen-bond donors (Lipinski definition) is 1. The zero-order chi connectivity index (χ0) is 12.7. The average molecular weight is 289 g/mol. The van der Waals surface area contributed by atoms with Gasteiger partial charge in [-0.15, -0.1) is 0 Å². The van der Waals surface area contributed by atoms with E-state index >= 15 is 0 Å². The van der Waals surface area contributed by atoms with Crippen molar-refractivity contribution in [3.8, 4) is 0 Å². The number of aliphatic hydroxyl groups excluding tert-OH is 1. The van der Waals surface area contributed by atoms with Crippen LogP contribution in [0.15, 0.2) is 6.20 Å². The van der Waals surface area contributed by atoms with Gasteiger partial charge < -0.3 is 9.84 Å². The van der Waals surface area contributed by atoms with Crippen LogP contribution < -0.4 is 0 Å². The summed E-state index contributed by atoms with van der Waals surface area (Å²) in [5, 5.41) is 14.3. The number of rotatable bonds is 2. The second-order valence-corrected chi connectivity index (χ2v) is 4.78. The van der Waals surface area contributed by atoms with Gasteiger partial charge in [-0.05, 0) is 24.4 Å². The molecule has 1 fully saturated rings. The molecule has 0 spiro atoms. The molecule has 1 N–H and O–H groups in total. The van der Waals surface area contributed by atoms with Crippen LogP contribution in [-0.4, -0.2) is 37.6 Å². The SMILES string of the molecule is OCC1CCC(n2ncc3c(Cl)nc(Cl)nc32)O1. The summed E-state index contributed by atoms with van der Waals surface area (Å²) in [5.74, 6) is 0. The molecule has 2 atom stereocenters. The van der Waals surface area contributed by atoms with Gasteiger partial charge in [0.1, 0.15) is 5.15 Å². The minimum absolute atomic E-state index is 0.00615. The molecule has 3 rings (SSSR count). The minimum atomic E-state index is -0.248. The summed E-state index contributed by atoms with van der Waals surface area (Å²) in [6.45, 7) is 0.00615. The lowest BCUT2D eigenvalue weighted by molar-refractivity contribution is -0.0262. The highest BCUT2D eigenvalue weighted by atomic mass is 35.5. The predicted octanol–water partition coefficient (Wildman–Crippen LogP) is 1.80. The van der Waals surface area contributed by atoms with Gasteiger partial charge in [0.2, 0.25) is 5.28 Å². The number of fused-ring (bicyclic) bond motifs is 1. The Morgan fingerprint density at radius 1 is 1.39 bits per heavy atom. The Hall–Kier alpha value is -0.950. The highest BCUT2D eigenvalue weighted by molar-refractivity contribution is 6.35. The normalized spacial score (nSPS) is 23.9. The quantitative estimate of drug-likeness (QED) is 0.674. The molecule has 6 nitrogen and oxygen atoms in total. The van der Waals surface area contributed by atoms with Gasteiger partial charge in [-0.3, -0.25) is 0 Å². The summed E-state index contributed by atoms with van der Waals surface area (Å²) in [7, 11) is 0. The molecule has 2 aromatic rings. The van der Waals surface area contributed by atoms with Gasteiger partial charge in [-0.25, -0.2) is 9.67 Å². The number of halogens is 2. The van der Waals surface area contributed by atoms with E-state index in [1.54, 1.807) is 10.9 Å². The van der Waals surface area contributed by atoms with E-state index in [2.05, 4.69) is 15.1 Å². The zero-order valence-electron chi connectivity index (χ0n) is 9.25. The van der Waals surface area contributed by atoms with Crippen molar-refractivity contribution in [2.24, 2.45) is 0 Å². The topological polar surface area (TPSA) is 73.1 Å². The smallest absolute Gasteiger partial charge is 0.225 e. The van der Waals surface area contributed by atoms with Crippen LogP contribution in [0.1, 0.15) is 19.1 Å². The van der Waals surface area contributed by atoms with Gasteiger partial charge in [-0.1, -0.05) is 11.6 Å². The first-order chi connectivity index (χ1) is 8.69.